The summed E-state index contributed by atoms with van der Waals surface area (Å²) in [5, 5.41) is 8.73. The predicted molar refractivity (Wildman–Crippen MR) is 39.0 cm³/mol. The second-order valence-electron chi connectivity index (χ2n) is 2.76. The number of methoxy groups -OCH3 is 1. The highest BCUT2D eigenvalue weighted by Crippen LogP contribution is 2.06. The van der Waals surface area contributed by atoms with Gasteiger partial charge in [0, 0.05) is 7.11 Å². The molecule has 0 atom stereocenters. The first-order valence-corrected chi connectivity index (χ1v) is 3.36. The molecule has 0 aliphatic heterocycles. The first-order chi connectivity index (χ1) is 4.62. The number of ether oxygens (including phenoxy) is 2. The van der Waals surface area contributed by atoms with Crippen LogP contribution in [0.25, 0.3) is 0 Å². The van der Waals surface area contributed by atoms with Crippen molar-refractivity contribution in [3.05, 3.63) is 0 Å². The SMILES string of the molecule is COCCOC(C)(C)CO. The van der Waals surface area contributed by atoms with Crippen molar-refractivity contribution in [1.29, 1.82) is 0 Å². The summed E-state index contributed by atoms with van der Waals surface area (Å²) in [5.41, 5.74) is -0.432. The second kappa shape index (κ2) is 4.66. The summed E-state index contributed by atoms with van der Waals surface area (Å²) < 4.78 is 10.0. The van der Waals surface area contributed by atoms with Crippen LogP contribution >= 0.6 is 0 Å². The van der Waals surface area contributed by atoms with E-state index in [0.29, 0.717) is 13.2 Å². The largest absolute Gasteiger partial charge is 0.393 e. The fraction of sp³-hybridized carbons (Fsp3) is 1.00. The molecule has 3 nitrogen and oxygen atoms in total. The Morgan fingerprint density at radius 2 is 1.90 bits per heavy atom. The van der Waals surface area contributed by atoms with Crippen molar-refractivity contribution in [1.82, 2.24) is 0 Å². The molecule has 0 rings (SSSR count). The molecule has 0 aromatic heterocycles. The standard InChI is InChI=1S/C7H16O3/c1-7(2,6-8)10-5-4-9-3/h8H,4-6H2,1-3H3. The van der Waals surface area contributed by atoms with Crippen LogP contribution in [0.4, 0.5) is 0 Å². The van der Waals surface area contributed by atoms with Gasteiger partial charge >= 0.3 is 0 Å². The van der Waals surface area contributed by atoms with Gasteiger partial charge in [-0.25, -0.2) is 0 Å². The molecular formula is C7H16O3. The molecule has 3 heteroatoms. The predicted octanol–water partition coefficient (Wildman–Crippen LogP) is 0.420. The maximum absolute atomic E-state index is 8.73. The van der Waals surface area contributed by atoms with Crippen LogP contribution in [-0.2, 0) is 9.47 Å². The van der Waals surface area contributed by atoms with E-state index in [-0.39, 0.29) is 6.61 Å². The molecule has 0 fully saturated rings. The summed E-state index contributed by atoms with van der Waals surface area (Å²) in [6.45, 7) is 4.82. The van der Waals surface area contributed by atoms with Crippen molar-refractivity contribution >= 4 is 0 Å². The highest BCUT2D eigenvalue weighted by molar-refractivity contribution is 4.65. The highest BCUT2D eigenvalue weighted by atomic mass is 16.5. The Balaban J connectivity index is 3.28. The smallest absolute Gasteiger partial charge is 0.0857 e. The van der Waals surface area contributed by atoms with Gasteiger partial charge in [-0.15, -0.1) is 0 Å². The zero-order chi connectivity index (χ0) is 8.04. The first-order valence-electron chi connectivity index (χ1n) is 3.36. The number of aliphatic hydroxyl groups excluding tert-OH is 1. The molecule has 0 saturated carbocycles. The minimum absolute atomic E-state index is 0.0384. The van der Waals surface area contributed by atoms with Gasteiger partial charge in [-0.05, 0) is 13.8 Å². The van der Waals surface area contributed by atoms with Crippen LogP contribution < -0.4 is 0 Å². The van der Waals surface area contributed by atoms with E-state index < -0.39 is 5.60 Å². The summed E-state index contributed by atoms with van der Waals surface area (Å²) in [6, 6.07) is 0. The van der Waals surface area contributed by atoms with Crippen LogP contribution in [0.15, 0.2) is 0 Å². The third-order valence-electron chi connectivity index (χ3n) is 1.16. The zero-order valence-corrected chi connectivity index (χ0v) is 6.89. The number of hydrogen-bond acceptors (Lipinski definition) is 3. The van der Waals surface area contributed by atoms with Crippen LogP contribution in [0.3, 0.4) is 0 Å². The minimum Gasteiger partial charge on any atom is -0.393 e. The zero-order valence-electron chi connectivity index (χ0n) is 6.89. The summed E-state index contributed by atoms with van der Waals surface area (Å²) in [4.78, 5) is 0. The lowest BCUT2D eigenvalue weighted by Gasteiger charge is -2.21. The first kappa shape index (κ1) is 9.88. The summed E-state index contributed by atoms with van der Waals surface area (Å²) in [6.07, 6.45) is 0. The fourth-order valence-corrected chi connectivity index (χ4v) is 0.447. The molecule has 0 spiro atoms. The normalized spacial score (nSPS) is 12.0. The van der Waals surface area contributed by atoms with Crippen molar-refractivity contribution in [3.8, 4) is 0 Å². The van der Waals surface area contributed by atoms with E-state index in [1.165, 1.54) is 0 Å². The van der Waals surface area contributed by atoms with Gasteiger partial charge in [0.15, 0.2) is 0 Å². The van der Waals surface area contributed by atoms with Crippen LogP contribution in [0.1, 0.15) is 13.8 Å². The van der Waals surface area contributed by atoms with Crippen LogP contribution in [0.5, 0.6) is 0 Å². The topological polar surface area (TPSA) is 38.7 Å². The molecule has 0 saturated heterocycles. The minimum atomic E-state index is -0.432. The Morgan fingerprint density at radius 1 is 1.30 bits per heavy atom. The molecular weight excluding hydrogens is 132 g/mol. The van der Waals surface area contributed by atoms with Gasteiger partial charge in [0.2, 0.25) is 0 Å². The Kier molecular flexibility index (Phi) is 4.60. The molecule has 0 bridgehead atoms. The number of rotatable bonds is 5. The van der Waals surface area contributed by atoms with Gasteiger partial charge in [-0.3, -0.25) is 0 Å². The molecule has 0 unspecified atom stereocenters. The van der Waals surface area contributed by atoms with E-state index >= 15 is 0 Å². The van der Waals surface area contributed by atoms with Crippen molar-refractivity contribution < 1.29 is 14.6 Å². The van der Waals surface area contributed by atoms with Crippen molar-refractivity contribution in [2.75, 3.05) is 26.9 Å². The maximum Gasteiger partial charge on any atom is 0.0857 e. The van der Waals surface area contributed by atoms with Gasteiger partial charge < -0.3 is 14.6 Å². The molecule has 0 aliphatic carbocycles. The average molecular weight is 148 g/mol. The Morgan fingerprint density at radius 3 is 2.30 bits per heavy atom. The number of hydrogen-bond donors (Lipinski definition) is 1. The molecule has 1 N–H and O–H groups in total. The van der Waals surface area contributed by atoms with Crippen molar-refractivity contribution in [2.45, 2.75) is 19.4 Å². The lowest BCUT2D eigenvalue weighted by molar-refractivity contribution is -0.0683. The molecule has 0 aromatic rings. The lowest BCUT2D eigenvalue weighted by atomic mass is 10.1. The fourth-order valence-electron chi connectivity index (χ4n) is 0.447. The third kappa shape index (κ3) is 4.73. The Bertz CT molecular complexity index is 80.9. The van der Waals surface area contributed by atoms with Gasteiger partial charge in [0.25, 0.3) is 0 Å². The van der Waals surface area contributed by atoms with E-state index in [2.05, 4.69) is 0 Å². The molecule has 0 radical (unpaired) electrons. The van der Waals surface area contributed by atoms with E-state index in [1.54, 1.807) is 7.11 Å². The second-order valence-corrected chi connectivity index (χ2v) is 2.76. The van der Waals surface area contributed by atoms with Gasteiger partial charge in [-0.1, -0.05) is 0 Å². The molecule has 10 heavy (non-hydrogen) atoms. The molecule has 0 aromatic carbocycles. The third-order valence-corrected chi connectivity index (χ3v) is 1.16. The van der Waals surface area contributed by atoms with Crippen LogP contribution in [0, 0.1) is 0 Å². The van der Waals surface area contributed by atoms with E-state index in [0.717, 1.165) is 0 Å². The Hall–Kier alpha value is -0.120. The average Bonchev–Trinajstić information content (AvgIpc) is 1.89. The van der Waals surface area contributed by atoms with Crippen LogP contribution in [0.2, 0.25) is 0 Å². The van der Waals surface area contributed by atoms with Gasteiger partial charge in [-0.2, -0.15) is 0 Å². The van der Waals surface area contributed by atoms with Crippen molar-refractivity contribution in [2.24, 2.45) is 0 Å². The summed E-state index contributed by atoms with van der Waals surface area (Å²) in [7, 11) is 1.62. The number of aliphatic hydroxyl groups is 1. The lowest BCUT2D eigenvalue weighted by Crippen LogP contribution is -2.30. The van der Waals surface area contributed by atoms with Crippen molar-refractivity contribution in [3.63, 3.8) is 0 Å². The van der Waals surface area contributed by atoms with E-state index in [1.807, 2.05) is 13.8 Å². The maximum atomic E-state index is 8.73. The highest BCUT2D eigenvalue weighted by Gasteiger charge is 2.15. The van der Waals surface area contributed by atoms with Gasteiger partial charge in [0.05, 0.1) is 25.4 Å². The Labute approximate surface area is 62.0 Å². The van der Waals surface area contributed by atoms with Gasteiger partial charge in [0.1, 0.15) is 0 Å². The monoisotopic (exact) mass is 148 g/mol. The summed E-state index contributed by atoms with van der Waals surface area (Å²) in [5.74, 6) is 0. The summed E-state index contributed by atoms with van der Waals surface area (Å²) >= 11 is 0. The van der Waals surface area contributed by atoms with E-state index in [4.69, 9.17) is 14.6 Å². The van der Waals surface area contributed by atoms with E-state index in [9.17, 15) is 0 Å². The quantitative estimate of drug-likeness (QED) is 0.574. The molecule has 0 amide bonds. The molecule has 62 valence electrons. The molecule has 0 heterocycles. The molecule has 0 aliphatic rings. The van der Waals surface area contributed by atoms with Crippen LogP contribution in [-0.4, -0.2) is 37.6 Å².